The number of methoxy groups -OCH3 is 3. The van der Waals surface area contributed by atoms with E-state index >= 15 is 0 Å². The molecule has 3 aromatic heterocycles. The van der Waals surface area contributed by atoms with Crippen LogP contribution in [0.2, 0.25) is 0 Å². The van der Waals surface area contributed by atoms with Gasteiger partial charge in [0.15, 0.2) is 11.5 Å². The Bertz CT molecular complexity index is 2390. The Hall–Kier alpha value is -6.45. The van der Waals surface area contributed by atoms with Gasteiger partial charge >= 0.3 is 5.97 Å². The van der Waals surface area contributed by atoms with E-state index in [2.05, 4.69) is 20.4 Å². The van der Waals surface area contributed by atoms with Crippen molar-refractivity contribution in [2.45, 2.75) is 77.4 Å². The molecule has 3 N–H and O–H groups in total. The highest BCUT2D eigenvalue weighted by Gasteiger charge is 2.32. The fraction of sp³-hybridized carbons (Fsp3) is 0.390. The number of fused-ring (bicyclic) bond motifs is 4. The second-order valence-electron chi connectivity index (χ2n) is 13.9. The maximum absolute atomic E-state index is 13.8. The highest BCUT2D eigenvalue weighted by Crippen LogP contribution is 2.47. The molecule has 1 unspecified atom stereocenters. The summed E-state index contributed by atoms with van der Waals surface area (Å²) >= 11 is 0. The minimum Gasteiger partial charge on any atom is -0.507 e. The molecule has 5 aromatic rings. The number of Topliss-reactive ketones (excluding diaryl/α,β-unsaturated/α-hetero) is 1. The quantitative estimate of drug-likeness (QED) is 0.160. The van der Waals surface area contributed by atoms with E-state index in [9.17, 15) is 29.4 Å². The van der Waals surface area contributed by atoms with Crippen LogP contribution >= 0.6 is 0 Å². The van der Waals surface area contributed by atoms with Crippen LogP contribution in [0.15, 0.2) is 47.5 Å². The molecule has 1 amide bonds. The summed E-state index contributed by atoms with van der Waals surface area (Å²) in [7, 11) is 4.31. The zero-order valence-corrected chi connectivity index (χ0v) is 32.5. The first-order chi connectivity index (χ1) is 27.4. The third-order valence-electron chi connectivity index (χ3n) is 9.97. The minimum atomic E-state index is -1.07. The predicted octanol–water partition coefficient (Wildman–Crippen LogP) is 5.00. The fourth-order valence-electron chi connectivity index (χ4n) is 7.12. The van der Waals surface area contributed by atoms with Crippen LogP contribution in [-0.2, 0) is 20.9 Å². The van der Waals surface area contributed by atoms with Crippen LogP contribution in [0.25, 0.3) is 22.8 Å². The first-order valence-corrected chi connectivity index (χ1v) is 18.7. The summed E-state index contributed by atoms with van der Waals surface area (Å²) < 4.78 is 25.4. The number of cyclic esters (lactones) is 1. The molecule has 6 rings (SSSR count). The number of carbonyl (C=O) groups excluding carboxylic acids is 3. The number of carbonyl (C=O) groups is 3. The molecule has 0 bridgehead atoms. The van der Waals surface area contributed by atoms with Gasteiger partial charge in [0.1, 0.15) is 28.7 Å². The lowest BCUT2D eigenvalue weighted by atomic mass is 9.84. The standard InChI is InChI=1S/C41H46N6O10/c1-23-10-9-13-27(48)12-8-6-7-11-25-18-31(49)36(37(51)35(25)40(53)57-23)28(26-19-32(54-3)38(56-5)33(20-26)55-4)21-34(50)42-15-17-46-16-14-30-29(39(46)52)22-43-41-44-24(2)45-47(30)41/h7,11,14,16,18-20,22-23,28,49,51H,6,8-10,12-13,15,17,21H2,1-5H3,(H,42,50)/b11-7+/t23-,28?/m0/s1. The number of rotatable bonds is 10. The number of esters is 1. The largest absolute Gasteiger partial charge is 0.507 e. The Labute approximate surface area is 328 Å². The number of ketones is 1. The molecular weight excluding hydrogens is 736 g/mol. The molecule has 16 nitrogen and oxygen atoms in total. The number of amides is 1. The number of allylic oxidation sites excluding steroid dienone is 1. The van der Waals surface area contributed by atoms with Crippen LogP contribution in [-0.4, -0.2) is 86.0 Å². The van der Waals surface area contributed by atoms with Crippen molar-refractivity contribution in [3.8, 4) is 28.7 Å². The van der Waals surface area contributed by atoms with Gasteiger partial charge < -0.3 is 39.0 Å². The first-order valence-electron chi connectivity index (χ1n) is 18.7. The third-order valence-corrected chi connectivity index (χ3v) is 9.97. The number of nitrogens with one attached hydrogen (secondary N) is 1. The summed E-state index contributed by atoms with van der Waals surface area (Å²) in [5.74, 6) is -1.50. The number of ether oxygens (including phenoxy) is 4. The summed E-state index contributed by atoms with van der Waals surface area (Å²) in [6.45, 7) is 3.61. The summed E-state index contributed by atoms with van der Waals surface area (Å²) in [5.41, 5.74) is 0.529. The predicted molar refractivity (Wildman–Crippen MR) is 209 cm³/mol. The van der Waals surface area contributed by atoms with Gasteiger partial charge in [-0.25, -0.2) is 9.78 Å². The molecule has 16 heteroatoms. The number of hydrogen-bond donors (Lipinski definition) is 3. The van der Waals surface area contributed by atoms with Crippen molar-refractivity contribution in [3.63, 3.8) is 0 Å². The van der Waals surface area contributed by atoms with Gasteiger partial charge in [-0.3, -0.25) is 14.4 Å². The van der Waals surface area contributed by atoms with E-state index in [1.165, 1.54) is 42.7 Å². The van der Waals surface area contributed by atoms with E-state index in [1.54, 1.807) is 50.4 Å². The minimum absolute atomic E-state index is 0.0487. The third kappa shape index (κ3) is 8.69. The zero-order chi connectivity index (χ0) is 40.8. The van der Waals surface area contributed by atoms with Crippen molar-refractivity contribution >= 4 is 40.4 Å². The molecule has 1 aliphatic rings. The Morgan fingerprint density at radius 3 is 2.51 bits per heavy atom. The van der Waals surface area contributed by atoms with Gasteiger partial charge in [-0.2, -0.15) is 9.50 Å². The summed E-state index contributed by atoms with van der Waals surface area (Å²) in [4.78, 5) is 61.8. The van der Waals surface area contributed by atoms with Crippen LogP contribution in [0, 0.1) is 6.92 Å². The Morgan fingerprint density at radius 1 is 1.05 bits per heavy atom. The molecule has 0 saturated carbocycles. The van der Waals surface area contributed by atoms with E-state index in [1.807, 2.05) is 0 Å². The Morgan fingerprint density at radius 2 is 1.79 bits per heavy atom. The molecule has 0 fully saturated rings. The van der Waals surface area contributed by atoms with E-state index in [-0.39, 0.29) is 70.5 Å². The number of hydrogen-bond acceptors (Lipinski definition) is 13. The second kappa shape index (κ2) is 17.6. The average Bonchev–Trinajstić information content (AvgIpc) is 3.57. The van der Waals surface area contributed by atoms with Crippen LogP contribution in [0.1, 0.15) is 90.7 Å². The van der Waals surface area contributed by atoms with Gasteiger partial charge in [0.2, 0.25) is 11.7 Å². The molecule has 0 radical (unpaired) electrons. The van der Waals surface area contributed by atoms with Crippen molar-refractivity contribution in [2.75, 3.05) is 27.9 Å². The number of phenolic OH excluding ortho intramolecular Hbond substituents is 2. The average molecular weight is 783 g/mol. The van der Waals surface area contributed by atoms with Crippen LogP contribution in [0.4, 0.5) is 0 Å². The topological polar surface area (TPSA) is 206 Å². The fourth-order valence-corrected chi connectivity index (χ4v) is 7.12. The highest BCUT2D eigenvalue weighted by molar-refractivity contribution is 5.98. The summed E-state index contributed by atoms with van der Waals surface area (Å²) in [6.07, 6.45) is 8.44. The van der Waals surface area contributed by atoms with Gasteiger partial charge in [-0.15, -0.1) is 5.10 Å². The normalized spacial score (nSPS) is 16.3. The first kappa shape index (κ1) is 40.2. The number of benzene rings is 2. The summed E-state index contributed by atoms with van der Waals surface area (Å²) in [6, 6.07) is 6.28. The zero-order valence-electron chi connectivity index (χ0n) is 32.5. The SMILES string of the molecule is COc1cc(C(CC(=O)NCCn2ccc3c(cnc4nc(C)nn43)c2=O)c2c(O)cc3c(c2O)C(=O)O[C@@H](C)CCCC(=O)CCC/C=C/3)cc(OC)c1OC. The molecule has 2 atom stereocenters. The number of phenols is 2. The molecule has 300 valence electrons. The monoisotopic (exact) mass is 782 g/mol. The lowest BCUT2D eigenvalue weighted by Gasteiger charge is -2.24. The molecule has 4 heterocycles. The Kier molecular flexibility index (Phi) is 12.4. The van der Waals surface area contributed by atoms with Gasteiger partial charge in [0, 0.05) is 56.2 Å². The van der Waals surface area contributed by atoms with Gasteiger partial charge in [-0.05, 0) is 74.9 Å². The van der Waals surface area contributed by atoms with Crippen LogP contribution in [0.5, 0.6) is 28.7 Å². The molecule has 0 aliphatic carbocycles. The summed E-state index contributed by atoms with van der Waals surface area (Å²) in [5, 5.41) is 31.1. The molecule has 0 saturated heterocycles. The Balaban J connectivity index is 1.35. The van der Waals surface area contributed by atoms with E-state index < -0.39 is 29.6 Å². The number of pyridine rings is 1. The molecule has 57 heavy (non-hydrogen) atoms. The second-order valence-corrected chi connectivity index (χ2v) is 13.9. The van der Waals surface area contributed by atoms with Gasteiger partial charge in [-0.1, -0.05) is 12.2 Å². The van der Waals surface area contributed by atoms with E-state index in [4.69, 9.17) is 18.9 Å². The smallest absolute Gasteiger partial charge is 0.342 e. The van der Waals surface area contributed by atoms with Gasteiger partial charge in [0.05, 0.1) is 38.3 Å². The lowest BCUT2D eigenvalue weighted by molar-refractivity contribution is -0.121. The van der Waals surface area contributed by atoms with Crippen molar-refractivity contribution in [1.82, 2.24) is 29.5 Å². The molecule has 0 spiro atoms. The maximum atomic E-state index is 13.8. The van der Waals surface area contributed by atoms with E-state index in [0.717, 1.165) is 0 Å². The van der Waals surface area contributed by atoms with Crippen LogP contribution < -0.4 is 25.1 Å². The number of aryl methyl sites for hydroxylation is 1. The lowest BCUT2D eigenvalue weighted by Crippen LogP contribution is -2.31. The van der Waals surface area contributed by atoms with Crippen molar-refractivity contribution in [1.29, 1.82) is 0 Å². The van der Waals surface area contributed by atoms with Crippen molar-refractivity contribution < 1.29 is 43.5 Å². The van der Waals surface area contributed by atoms with Gasteiger partial charge in [0.25, 0.3) is 11.3 Å². The van der Waals surface area contributed by atoms with Crippen LogP contribution in [0.3, 0.4) is 0 Å². The molecule has 1 aliphatic heterocycles. The highest BCUT2D eigenvalue weighted by atomic mass is 16.5. The van der Waals surface area contributed by atoms with E-state index in [0.29, 0.717) is 66.6 Å². The number of nitrogens with zero attached hydrogens (tertiary/aromatic N) is 5. The van der Waals surface area contributed by atoms with Crippen molar-refractivity contribution in [2.24, 2.45) is 0 Å². The van der Waals surface area contributed by atoms with Crippen molar-refractivity contribution in [3.05, 3.63) is 81.2 Å². The molecular formula is C41H46N6O10. The maximum Gasteiger partial charge on any atom is 0.342 e. The molecule has 2 aromatic carbocycles. The number of aromatic hydroxyl groups is 2. The number of aromatic nitrogens is 5.